The molecule has 0 radical (unpaired) electrons. The van der Waals surface area contributed by atoms with Crippen molar-refractivity contribution in [2.75, 3.05) is 0 Å². The number of nitro groups is 1. The molecule has 10 heteroatoms. The zero-order chi connectivity index (χ0) is 26.8. The molecule has 4 aromatic carbocycles. The molecule has 0 bridgehead atoms. The SMILES string of the molecule is CC(=O)Oc1cc2ccccc2cc1C1=NN(C(C)=O)[C@H](c2ccccc2Oc2ccccc2[N+](=O)[O-])O1. The number of para-hydroxylation sites is 3. The average Bonchev–Trinajstić information content (AvgIpc) is 3.34. The number of carbonyl (C=O) groups excluding carboxylic acids is 2. The van der Waals surface area contributed by atoms with Crippen molar-refractivity contribution in [1.29, 1.82) is 0 Å². The van der Waals surface area contributed by atoms with Crippen molar-refractivity contribution in [3.05, 3.63) is 106 Å². The van der Waals surface area contributed by atoms with E-state index in [1.54, 1.807) is 48.5 Å². The van der Waals surface area contributed by atoms with E-state index in [4.69, 9.17) is 14.2 Å². The first-order valence-electron chi connectivity index (χ1n) is 11.6. The predicted octanol–water partition coefficient (Wildman–Crippen LogP) is 5.70. The summed E-state index contributed by atoms with van der Waals surface area (Å²) in [6, 6.07) is 23.7. The van der Waals surface area contributed by atoms with Gasteiger partial charge in [-0.15, -0.1) is 5.10 Å². The van der Waals surface area contributed by atoms with Crippen molar-refractivity contribution in [3.63, 3.8) is 0 Å². The number of amides is 1. The Morgan fingerprint density at radius 3 is 2.21 bits per heavy atom. The van der Waals surface area contributed by atoms with E-state index in [2.05, 4.69) is 5.10 Å². The summed E-state index contributed by atoms with van der Waals surface area (Å²) in [5, 5.41) is 18.7. The van der Waals surface area contributed by atoms with Gasteiger partial charge in [-0.1, -0.05) is 48.5 Å². The third kappa shape index (κ3) is 4.74. The summed E-state index contributed by atoms with van der Waals surface area (Å²) in [6.07, 6.45) is -1.04. The van der Waals surface area contributed by atoms with Crippen LogP contribution >= 0.6 is 0 Å². The maximum atomic E-state index is 12.6. The van der Waals surface area contributed by atoms with Crippen molar-refractivity contribution < 1.29 is 28.7 Å². The Labute approximate surface area is 216 Å². The third-order valence-electron chi connectivity index (χ3n) is 5.77. The zero-order valence-electron chi connectivity index (χ0n) is 20.4. The number of hydrogen-bond donors (Lipinski definition) is 0. The molecular weight excluding hydrogens is 490 g/mol. The van der Waals surface area contributed by atoms with Gasteiger partial charge in [0.1, 0.15) is 11.5 Å². The number of fused-ring (bicyclic) bond motifs is 1. The smallest absolute Gasteiger partial charge is 0.311 e. The van der Waals surface area contributed by atoms with E-state index in [9.17, 15) is 19.7 Å². The molecule has 0 saturated carbocycles. The number of benzene rings is 4. The number of ether oxygens (including phenoxy) is 3. The van der Waals surface area contributed by atoms with E-state index in [1.807, 2.05) is 24.3 Å². The fourth-order valence-electron chi connectivity index (χ4n) is 4.09. The second kappa shape index (κ2) is 10.0. The van der Waals surface area contributed by atoms with Crippen LogP contribution in [0.4, 0.5) is 5.69 Å². The van der Waals surface area contributed by atoms with Gasteiger partial charge in [0.25, 0.3) is 0 Å². The fraction of sp³-hybridized carbons (Fsp3) is 0.107. The standard InChI is InChI=1S/C28H21N3O7/c1-17(32)30-28(21-11-5-7-13-24(21)37-25-14-8-6-12-23(25)31(34)35)38-27(29-30)22-15-19-9-3-4-10-20(19)16-26(22)36-18(2)33/h3-16,28H,1-2H3/t28-/m0/s1. The summed E-state index contributed by atoms with van der Waals surface area (Å²) in [4.78, 5) is 35.4. The van der Waals surface area contributed by atoms with Crippen LogP contribution in [0.5, 0.6) is 17.2 Å². The van der Waals surface area contributed by atoms with Crippen molar-refractivity contribution in [2.45, 2.75) is 20.1 Å². The molecule has 0 aliphatic carbocycles. The summed E-state index contributed by atoms with van der Waals surface area (Å²) in [6.45, 7) is 2.62. The summed E-state index contributed by atoms with van der Waals surface area (Å²) in [5.74, 6) is -0.377. The summed E-state index contributed by atoms with van der Waals surface area (Å²) in [5.41, 5.74) is 0.580. The Kier molecular flexibility index (Phi) is 6.44. The molecule has 1 atom stereocenters. The van der Waals surface area contributed by atoms with Gasteiger partial charge in [0.05, 0.1) is 16.1 Å². The molecule has 38 heavy (non-hydrogen) atoms. The maximum absolute atomic E-state index is 12.6. The highest BCUT2D eigenvalue weighted by Crippen LogP contribution is 2.40. The van der Waals surface area contributed by atoms with Gasteiger partial charge in [0, 0.05) is 19.9 Å². The highest BCUT2D eigenvalue weighted by molar-refractivity contribution is 6.03. The van der Waals surface area contributed by atoms with Crippen molar-refractivity contribution in [1.82, 2.24) is 5.01 Å². The molecule has 1 aliphatic heterocycles. The number of carbonyl (C=O) groups is 2. The topological polar surface area (TPSA) is 121 Å². The molecule has 10 nitrogen and oxygen atoms in total. The molecule has 5 rings (SSSR count). The largest absolute Gasteiger partial charge is 0.450 e. The summed E-state index contributed by atoms with van der Waals surface area (Å²) < 4.78 is 17.6. The lowest BCUT2D eigenvalue weighted by Crippen LogP contribution is -2.25. The van der Waals surface area contributed by atoms with Crippen molar-refractivity contribution in [2.24, 2.45) is 5.10 Å². The normalized spacial score (nSPS) is 14.5. The first-order chi connectivity index (χ1) is 18.3. The van der Waals surface area contributed by atoms with Gasteiger partial charge in [0.15, 0.2) is 0 Å². The minimum absolute atomic E-state index is 0.0325. The Hall–Kier alpha value is -5.25. The van der Waals surface area contributed by atoms with Crippen LogP contribution in [0.2, 0.25) is 0 Å². The number of esters is 1. The number of rotatable bonds is 6. The molecule has 1 aliphatic rings. The molecule has 1 amide bonds. The van der Waals surface area contributed by atoms with E-state index in [0.717, 1.165) is 15.8 Å². The average molecular weight is 511 g/mol. The van der Waals surface area contributed by atoms with Crippen LogP contribution in [0.1, 0.15) is 31.2 Å². The summed E-state index contributed by atoms with van der Waals surface area (Å²) >= 11 is 0. The minimum atomic E-state index is -1.04. The number of nitro benzene ring substituents is 1. The minimum Gasteiger partial charge on any atom is -0.450 e. The van der Waals surface area contributed by atoms with Crippen LogP contribution in [0.3, 0.4) is 0 Å². The molecule has 0 N–H and O–H groups in total. The van der Waals surface area contributed by atoms with Crippen LogP contribution in [0, 0.1) is 10.1 Å². The molecule has 4 aromatic rings. The molecule has 190 valence electrons. The lowest BCUT2D eigenvalue weighted by molar-refractivity contribution is -0.385. The van der Waals surface area contributed by atoms with E-state index in [1.165, 1.54) is 26.0 Å². The Balaban J connectivity index is 1.56. The predicted molar refractivity (Wildman–Crippen MR) is 138 cm³/mol. The molecular formula is C28H21N3O7. The van der Waals surface area contributed by atoms with Crippen LogP contribution in [0.15, 0.2) is 90.0 Å². The van der Waals surface area contributed by atoms with Crippen LogP contribution in [-0.4, -0.2) is 27.7 Å². The highest BCUT2D eigenvalue weighted by Gasteiger charge is 2.36. The highest BCUT2D eigenvalue weighted by atomic mass is 16.6. The molecule has 0 saturated heterocycles. The Morgan fingerprint density at radius 1 is 0.895 bits per heavy atom. The van der Waals surface area contributed by atoms with Crippen LogP contribution in [-0.2, 0) is 14.3 Å². The monoisotopic (exact) mass is 511 g/mol. The molecule has 0 spiro atoms. The summed E-state index contributed by atoms with van der Waals surface area (Å²) in [7, 11) is 0. The van der Waals surface area contributed by atoms with Gasteiger partial charge in [-0.3, -0.25) is 19.7 Å². The van der Waals surface area contributed by atoms with Crippen molar-refractivity contribution >= 4 is 34.2 Å². The maximum Gasteiger partial charge on any atom is 0.311 e. The van der Waals surface area contributed by atoms with E-state index in [-0.39, 0.29) is 28.8 Å². The first kappa shape index (κ1) is 24.4. The molecule has 0 aromatic heterocycles. The molecule has 1 heterocycles. The van der Waals surface area contributed by atoms with Gasteiger partial charge in [-0.05, 0) is 41.1 Å². The van der Waals surface area contributed by atoms with Gasteiger partial charge >= 0.3 is 11.7 Å². The third-order valence-corrected chi connectivity index (χ3v) is 5.77. The number of hydrazone groups is 1. The first-order valence-corrected chi connectivity index (χ1v) is 11.6. The van der Waals surface area contributed by atoms with Crippen molar-refractivity contribution in [3.8, 4) is 17.2 Å². The van der Waals surface area contributed by atoms with Gasteiger partial charge in [0.2, 0.25) is 23.8 Å². The fourth-order valence-corrected chi connectivity index (χ4v) is 4.09. The molecule has 0 unspecified atom stereocenters. The van der Waals surface area contributed by atoms with Crippen LogP contribution in [0.25, 0.3) is 10.8 Å². The van der Waals surface area contributed by atoms with Gasteiger partial charge in [-0.25, -0.2) is 0 Å². The van der Waals surface area contributed by atoms with E-state index < -0.39 is 23.0 Å². The zero-order valence-corrected chi connectivity index (χ0v) is 20.4. The van der Waals surface area contributed by atoms with Crippen LogP contribution < -0.4 is 9.47 Å². The lowest BCUT2D eigenvalue weighted by Gasteiger charge is -2.21. The van der Waals surface area contributed by atoms with Gasteiger partial charge < -0.3 is 14.2 Å². The number of nitrogens with zero attached hydrogens (tertiary/aromatic N) is 3. The Bertz CT molecular complexity index is 1620. The van der Waals surface area contributed by atoms with Gasteiger partial charge in [-0.2, -0.15) is 5.01 Å². The quantitative estimate of drug-likeness (QED) is 0.141. The second-order valence-corrected chi connectivity index (χ2v) is 8.39. The van der Waals surface area contributed by atoms with E-state index in [0.29, 0.717) is 11.1 Å². The van der Waals surface area contributed by atoms with E-state index >= 15 is 0 Å². The second-order valence-electron chi connectivity index (χ2n) is 8.39. The number of hydrogen-bond acceptors (Lipinski definition) is 8. The molecule has 0 fully saturated rings. The Morgan fingerprint density at radius 2 is 1.53 bits per heavy atom. The lowest BCUT2D eigenvalue weighted by atomic mass is 10.1.